The zero-order chi connectivity index (χ0) is 16.4. The fourth-order valence-corrected chi connectivity index (χ4v) is 3.62. The Balaban J connectivity index is 1.49. The molecule has 1 atom stereocenters. The Hall–Kier alpha value is -2.61. The van der Waals surface area contributed by atoms with E-state index in [2.05, 4.69) is 20.4 Å². The summed E-state index contributed by atoms with van der Waals surface area (Å²) in [4.78, 5) is 21.1. The van der Waals surface area contributed by atoms with E-state index in [4.69, 9.17) is 0 Å². The van der Waals surface area contributed by atoms with E-state index in [0.717, 1.165) is 24.3 Å². The molecule has 3 aromatic rings. The number of hydrogen-bond acceptors (Lipinski definition) is 6. The first-order valence-corrected chi connectivity index (χ1v) is 8.73. The van der Waals surface area contributed by atoms with Gasteiger partial charge in [-0.25, -0.2) is 0 Å². The Morgan fingerprint density at radius 2 is 2.25 bits per heavy atom. The minimum atomic E-state index is 0.0950. The largest absolute Gasteiger partial charge is 0.333 e. The molecule has 0 spiro atoms. The standard InChI is InChI=1S/C16H16N6OS/c23-16(14-7-4-10-24-14)21-9-3-5-12(21)11-22-19-15(18-20-22)13-6-1-2-8-17-13/h1-2,4,6-8,10,12H,3,5,9,11H2/t12-/m1/s1. The molecule has 8 heteroatoms. The van der Waals surface area contributed by atoms with Crippen molar-refractivity contribution in [3.05, 3.63) is 46.8 Å². The summed E-state index contributed by atoms with van der Waals surface area (Å²) in [5.41, 5.74) is 0.696. The van der Waals surface area contributed by atoms with Gasteiger partial charge in [0.15, 0.2) is 0 Å². The average Bonchev–Trinajstić information content (AvgIpc) is 3.37. The SMILES string of the molecule is O=C(c1cccs1)N1CCC[C@@H]1Cn1nnc(-c2ccccn2)n1. The number of tetrazole rings is 1. The molecule has 0 saturated carbocycles. The molecular formula is C16H16N6OS. The maximum atomic E-state index is 12.6. The topological polar surface area (TPSA) is 76.8 Å². The number of likely N-dealkylation sites (tertiary alicyclic amines) is 1. The summed E-state index contributed by atoms with van der Waals surface area (Å²) in [5.74, 6) is 0.599. The van der Waals surface area contributed by atoms with E-state index in [0.29, 0.717) is 18.1 Å². The third kappa shape index (κ3) is 2.92. The number of nitrogens with zero attached hydrogens (tertiary/aromatic N) is 6. The van der Waals surface area contributed by atoms with Crippen LogP contribution < -0.4 is 0 Å². The molecule has 0 aliphatic carbocycles. The van der Waals surface area contributed by atoms with Gasteiger partial charge < -0.3 is 4.90 Å². The van der Waals surface area contributed by atoms with Crippen molar-refractivity contribution in [2.45, 2.75) is 25.4 Å². The van der Waals surface area contributed by atoms with Gasteiger partial charge >= 0.3 is 0 Å². The lowest BCUT2D eigenvalue weighted by Crippen LogP contribution is -2.38. The maximum absolute atomic E-state index is 12.6. The predicted octanol–water partition coefficient (Wildman–Crippen LogP) is 2.10. The molecule has 7 nitrogen and oxygen atoms in total. The van der Waals surface area contributed by atoms with Crippen molar-refractivity contribution in [1.29, 1.82) is 0 Å². The Morgan fingerprint density at radius 3 is 3.04 bits per heavy atom. The molecule has 1 fully saturated rings. The summed E-state index contributed by atoms with van der Waals surface area (Å²) in [6.45, 7) is 1.33. The van der Waals surface area contributed by atoms with Crippen LogP contribution in [0.15, 0.2) is 41.9 Å². The lowest BCUT2D eigenvalue weighted by Gasteiger charge is -2.23. The molecule has 122 valence electrons. The second-order valence-electron chi connectivity index (χ2n) is 5.65. The summed E-state index contributed by atoms with van der Waals surface area (Å²) in [5, 5.41) is 14.5. The molecule has 1 saturated heterocycles. The number of carbonyl (C=O) groups excluding carboxylic acids is 1. The summed E-state index contributed by atoms with van der Waals surface area (Å²) in [6.07, 6.45) is 3.66. The molecule has 0 unspecified atom stereocenters. The number of pyridine rings is 1. The van der Waals surface area contributed by atoms with Crippen LogP contribution in [-0.4, -0.2) is 48.6 Å². The first-order valence-electron chi connectivity index (χ1n) is 7.85. The van der Waals surface area contributed by atoms with Crippen molar-refractivity contribution >= 4 is 17.2 Å². The Bertz CT molecular complexity index is 816. The second kappa shape index (κ2) is 6.48. The van der Waals surface area contributed by atoms with E-state index < -0.39 is 0 Å². The highest BCUT2D eigenvalue weighted by Gasteiger charge is 2.30. The van der Waals surface area contributed by atoms with Gasteiger partial charge in [0.1, 0.15) is 5.69 Å². The molecule has 3 aromatic heterocycles. The van der Waals surface area contributed by atoms with Gasteiger partial charge in [-0.15, -0.1) is 21.5 Å². The van der Waals surface area contributed by atoms with Crippen LogP contribution in [0.2, 0.25) is 0 Å². The van der Waals surface area contributed by atoms with Crippen LogP contribution >= 0.6 is 11.3 Å². The molecule has 1 aliphatic heterocycles. The fraction of sp³-hybridized carbons (Fsp3) is 0.312. The van der Waals surface area contributed by atoms with Crippen LogP contribution in [0.3, 0.4) is 0 Å². The van der Waals surface area contributed by atoms with Gasteiger partial charge in [-0.05, 0) is 41.6 Å². The molecule has 24 heavy (non-hydrogen) atoms. The third-order valence-electron chi connectivity index (χ3n) is 4.09. The van der Waals surface area contributed by atoms with Crippen molar-refractivity contribution in [1.82, 2.24) is 30.1 Å². The number of carbonyl (C=O) groups is 1. The quantitative estimate of drug-likeness (QED) is 0.727. The summed E-state index contributed by atoms with van der Waals surface area (Å²) >= 11 is 1.48. The molecule has 0 radical (unpaired) electrons. The van der Waals surface area contributed by atoms with E-state index >= 15 is 0 Å². The van der Waals surface area contributed by atoms with E-state index in [9.17, 15) is 4.79 Å². The number of aromatic nitrogens is 5. The molecule has 0 bridgehead atoms. The predicted molar refractivity (Wildman–Crippen MR) is 89.4 cm³/mol. The molecule has 0 aromatic carbocycles. The lowest BCUT2D eigenvalue weighted by atomic mass is 10.2. The lowest BCUT2D eigenvalue weighted by molar-refractivity contribution is 0.0723. The number of hydrogen-bond donors (Lipinski definition) is 0. The Labute approximate surface area is 142 Å². The molecule has 1 aliphatic rings. The number of rotatable bonds is 4. The van der Waals surface area contributed by atoms with Crippen LogP contribution in [0.25, 0.3) is 11.5 Å². The van der Waals surface area contributed by atoms with E-state index in [1.807, 2.05) is 40.6 Å². The summed E-state index contributed by atoms with van der Waals surface area (Å²) < 4.78 is 0. The van der Waals surface area contributed by atoms with Gasteiger partial charge in [0.2, 0.25) is 5.82 Å². The molecule has 0 N–H and O–H groups in total. The van der Waals surface area contributed by atoms with Crippen molar-refractivity contribution in [3.8, 4) is 11.5 Å². The highest BCUT2D eigenvalue weighted by atomic mass is 32.1. The van der Waals surface area contributed by atoms with Crippen LogP contribution in [0, 0.1) is 0 Å². The molecule has 4 heterocycles. The second-order valence-corrected chi connectivity index (χ2v) is 6.60. The normalized spacial score (nSPS) is 17.3. The van der Waals surface area contributed by atoms with Gasteiger partial charge in [-0.2, -0.15) is 4.80 Å². The van der Waals surface area contributed by atoms with Gasteiger partial charge in [0.25, 0.3) is 5.91 Å². The van der Waals surface area contributed by atoms with Crippen molar-refractivity contribution in [2.75, 3.05) is 6.54 Å². The minimum Gasteiger partial charge on any atom is -0.333 e. The van der Waals surface area contributed by atoms with Gasteiger partial charge in [0.05, 0.1) is 17.5 Å². The Morgan fingerprint density at radius 1 is 1.29 bits per heavy atom. The number of amides is 1. The smallest absolute Gasteiger partial charge is 0.264 e. The van der Waals surface area contributed by atoms with E-state index in [-0.39, 0.29) is 11.9 Å². The highest BCUT2D eigenvalue weighted by molar-refractivity contribution is 7.12. The van der Waals surface area contributed by atoms with Gasteiger partial charge in [-0.1, -0.05) is 12.1 Å². The monoisotopic (exact) mass is 340 g/mol. The summed E-state index contributed by atoms with van der Waals surface area (Å²) in [7, 11) is 0. The zero-order valence-corrected chi connectivity index (χ0v) is 13.8. The van der Waals surface area contributed by atoms with Crippen molar-refractivity contribution < 1.29 is 4.79 Å². The minimum absolute atomic E-state index is 0.0950. The Kier molecular flexibility index (Phi) is 4.04. The van der Waals surface area contributed by atoms with Crippen LogP contribution in [-0.2, 0) is 6.54 Å². The van der Waals surface area contributed by atoms with Crippen molar-refractivity contribution in [2.24, 2.45) is 0 Å². The van der Waals surface area contributed by atoms with Crippen LogP contribution in [0.1, 0.15) is 22.5 Å². The summed E-state index contributed by atoms with van der Waals surface area (Å²) in [6, 6.07) is 9.47. The van der Waals surface area contributed by atoms with Gasteiger partial charge in [0, 0.05) is 12.7 Å². The van der Waals surface area contributed by atoms with Gasteiger partial charge in [-0.3, -0.25) is 9.78 Å². The molecule has 1 amide bonds. The van der Waals surface area contributed by atoms with Crippen molar-refractivity contribution in [3.63, 3.8) is 0 Å². The van der Waals surface area contributed by atoms with E-state index in [1.54, 1.807) is 11.0 Å². The fourth-order valence-electron chi connectivity index (χ4n) is 2.94. The van der Waals surface area contributed by atoms with Crippen LogP contribution in [0.5, 0.6) is 0 Å². The first kappa shape index (κ1) is 14.9. The van der Waals surface area contributed by atoms with Crippen LogP contribution in [0.4, 0.5) is 0 Å². The highest BCUT2D eigenvalue weighted by Crippen LogP contribution is 2.23. The molecular weight excluding hydrogens is 324 g/mol. The molecule has 4 rings (SSSR count). The van der Waals surface area contributed by atoms with E-state index in [1.165, 1.54) is 11.3 Å². The number of thiophene rings is 1. The average molecular weight is 340 g/mol. The third-order valence-corrected chi connectivity index (χ3v) is 4.95. The zero-order valence-electron chi connectivity index (χ0n) is 12.9. The first-order chi connectivity index (χ1) is 11.8. The maximum Gasteiger partial charge on any atom is 0.264 e.